The predicted octanol–water partition coefficient (Wildman–Crippen LogP) is 4.58. The molecule has 4 aromatic rings. The molecule has 0 N–H and O–H groups in total. The molecule has 212 valence electrons. The van der Waals surface area contributed by atoms with Crippen molar-refractivity contribution in [3.63, 3.8) is 0 Å². The normalized spacial score (nSPS) is 19.4. The van der Waals surface area contributed by atoms with Crippen molar-refractivity contribution in [1.82, 2.24) is 28.9 Å². The average Bonchev–Trinajstić information content (AvgIpc) is 3.57. The smallest absolute Gasteiger partial charge is 0.291 e. The molecule has 1 atom stereocenters. The number of nitrogens with zero attached hydrogens (tertiary/aromatic N) is 6. The topological polar surface area (TPSA) is 103 Å². The number of hydrogen-bond donors (Lipinski definition) is 0. The first-order valence-electron chi connectivity index (χ1n) is 12.5. The molecule has 1 aromatic carbocycles. The molecule has 1 aliphatic heterocycles. The third-order valence-corrected chi connectivity index (χ3v) is 9.49. The molecular formula is C27H22ClF3N6O3S. The number of aryl methyl sites for hydroxylation is 1. The second-order valence-corrected chi connectivity index (χ2v) is 12.4. The number of pyridine rings is 1. The Hall–Kier alpha value is -3.81. The van der Waals surface area contributed by atoms with E-state index in [9.17, 15) is 26.4 Å². The van der Waals surface area contributed by atoms with E-state index in [4.69, 9.17) is 11.6 Å². The zero-order valence-electron chi connectivity index (χ0n) is 21.5. The maximum Gasteiger partial charge on any atom is 0.416 e. The van der Waals surface area contributed by atoms with Gasteiger partial charge in [-0.1, -0.05) is 17.2 Å². The number of ketones is 1. The van der Waals surface area contributed by atoms with Gasteiger partial charge in [0.1, 0.15) is 5.69 Å². The van der Waals surface area contributed by atoms with Gasteiger partial charge in [-0.2, -0.15) is 27.7 Å². The van der Waals surface area contributed by atoms with Gasteiger partial charge in [0, 0.05) is 37.6 Å². The summed E-state index contributed by atoms with van der Waals surface area (Å²) >= 11 is 6.04. The van der Waals surface area contributed by atoms with Crippen molar-refractivity contribution in [1.29, 1.82) is 0 Å². The number of rotatable bonds is 5. The largest absolute Gasteiger partial charge is 0.416 e. The summed E-state index contributed by atoms with van der Waals surface area (Å²) < 4.78 is 71.9. The van der Waals surface area contributed by atoms with Crippen LogP contribution in [0, 0.1) is 5.41 Å². The van der Waals surface area contributed by atoms with E-state index in [1.165, 1.54) is 21.3 Å². The number of carbonyl (C=O) groups excluding carboxylic acids is 1. The Bertz CT molecular complexity index is 1810. The predicted molar refractivity (Wildman–Crippen MR) is 143 cm³/mol. The van der Waals surface area contributed by atoms with Gasteiger partial charge >= 0.3 is 6.18 Å². The molecule has 0 amide bonds. The van der Waals surface area contributed by atoms with E-state index in [0.29, 0.717) is 27.9 Å². The van der Waals surface area contributed by atoms with E-state index in [2.05, 4.69) is 15.2 Å². The minimum Gasteiger partial charge on any atom is -0.291 e. The number of fused-ring (bicyclic) bond motifs is 2. The van der Waals surface area contributed by atoms with Gasteiger partial charge in [0.2, 0.25) is 0 Å². The second kappa shape index (κ2) is 9.64. The number of carbonyl (C=O) groups is 1. The molecule has 2 aliphatic rings. The van der Waals surface area contributed by atoms with Crippen LogP contribution in [0.15, 0.2) is 71.7 Å². The number of Topliss-reactive ketones (excluding diaryl/α,β-unsaturated/α-hetero) is 1. The number of hydrogen-bond acceptors (Lipinski definition) is 6. The molecule has 1 fully saturated rings. The van der Waals surface area contributed by atoms with Crippen LogP contribution in [0.25, 0.3) is 11.8 Å². The maximum absolute atomic E-state index is 14.2. The summed E-state index contributed by atoms with van der Waals surface area (Å²) in [7, 11) is -2.52. The number of halogens is 4. The molecule has 1 aliphatic carbocycles. The standard InChI is InChI=1S/C27H22ClF3N6O3S/c1-35-10-8-24(34-35)41(39,40)36-11-7-18-13-23-17(15-33-37(23)21-4-2-20(28)3-5-21)14-26(18,16-36)25(38)22-12-19(6-9-32-22)27(29,30)31/h2-6,8-10,12-13,15H,7,11,14,16H2,1H3/t26-/m0/s1. The second-order valence-electron chi connectivity index (χ2n) is 10.0. The molecule has 1 saturated heterocycles. The van der Waals surface area contributed by atoms with Crippen molar-refractivity contribution in [3.8, 4) is 5.69 Å². The number of sulfonamides is 1. The summed E-state index contributed by atoms with van der Waals surface area (Å²) in [5, 5.41) is 8.89. The molecule has 6 rings (SSSR count). The SMILES string of the molecule is Cn1ccc(S(=O)(=O)N2CCC3=Cc4c(cnn4-c4ccc(Cl)cc4)C[C@]3(C(=O)c3cc(C(F)(F)F)ccn3)C2)n1. The first kappa shape index (κ1) is 27.4. The van der Waals surface area contributed by atoms with Gasteiger partial charge in [-0.15, -0.1) is 0 Å². The third-order valence-electron chi connectivity index (χ3n) is 7.50. The summed E-state index contributed by atoms with van der Waals surface area (Å²) in [6.45, 7) is -0.236. The highest BCUT2D eigenvalue weighted by atomic mass is 35.5. The Morgan fingerprint density at radius 1 is 1.12 bits per heavy atom. The minimum atomic E-state index is -4.69. The lowest BCUT2D eigenvalue weighted by Gasteiger charge is -2.44. The number of aromatic nitrogens is 5. The molecule has 0 spiro atoms. The summed E-state index contributed by atoms with van der Waals surface area (Å²) in [5.74, 6) is -0.694. The van der Waals surface area contributed by atoms with E-state index in [1.54, 1.807) is 48.3 Å². The fraction of sp³-hybridized carbons (Fsp3) is 0.259. The van der Waals surface area contributed by atoms with Crippen LogP contribution in [-0.4, -0.2) is 56.1 Å². The molecular weight excluding hydrogens is 581 g/mol. The maximum atomic E-state index is 14.2. The first-order chi connectivity index (χ1) is 19.4. The monoisotopic (exact) mass is 602 g/mol. The van der Waals surface area contributed by atoms with Gasteiger partial charge in [0.15, 0.2) is 10.8 Å². The molecule has 4 heterocycles. The molecule has 0 saturated carbocycles. The summed E-state index contributed by atoms with van der Waals surface area (Å²) in [4.78, 5) is 18.2. The Labute approximate surface area is 237 Å². The highest BCUT2D eigenvalue weighted by molar-refractivity contribution is 7.89. The number of benzene rings is 1. The van der Waals surface area contributed by atoms with Crippen LogP contribution in [0.1, 0.15) is 33.7 Å². The van der Waals surface area contributed by atoms with Gasteiger partial charge in [0.05, 0.1) is 28.6 Å². The van der Waals surface area contributed by atoms with Crippen molar-refractivity contribution in [2.45, 2.75) is 24.0 Å². The Kier molecular flexibility index (Phi) is 6.43. The van der Waals surface area contributed by atoms with E-state index in [0.717, 1.165) is 18.0 Å². The van der Waals surface area contributed by atoms with Crippen LogP contribution in [0.2, 0.25) is 5.02 Å². The van der Waals surface area contributed by atoms with E-state index in [1.807, 2.05) is 0 Å². The van der Waals surface area contributed by atoms with Gasteiger partial charge in [-0.3, -0.25) is 14.5 Å². The molecule has 41 heavy (non-hydrogen) atoms. The van der Waals surface area contributed by atoms with Crippen LogP contribution in [0.5, 0.6) is 0 Å². The van der Waals surface area contributed by atoms with Crippen molar-refractivity contribution in [2.24, 2.45) is 12.5 Å². The fourth-order valence-corrected chi connectivity index (χ4v) is 7.03. The molecule has 0 bridgehead atoms. The molecule has 14 heteroatoms. The highest BCUT2D eigenvalue weighted by Gasteiger charge is 2.52. The summed E-state index contributed by atoms with van der Waals surface area (Å²) in [6, 6.07) is 9.88. The van der Waals surface area contributed by atoms with Crippen molar-refractivity contribution in [2.75, 3.05) is 13.1 Å². The number of alkyl halides is 3. The lowest BCUT2D eigenvalue weighted by molar-refractivity contribution is -0.137. The van der Waals surface area contributed by atoms with Gasteiger partial charge in [-0.05, 0) is 66.9 Å². The van der Waals surface area contributed by atoms with Crippen molar-refractivity contribution < 1.29 is 26.4 Å². The lowest BCUT2D eigenvalue weighted by atomic mass is 9.65. The minimum absolute atomic E-state index is 0.0206. The fourth-order valence-electron chi connectivity index (χ4n) is 5.45. The molecule has 3 aromatic heterocycles. The van der Waals surface area contributed by atoms with E-state index in [-0.39, 0.29) is 31.0 Å². The van der Waals surface area contributed by atoms with Crippen LogP contribution in [0.4, 0.5) is 13.2 Å². The number of piperidine rings is 1. The van der Waals surface area contributed by atoms with Gasteiger partial charge < -0.3 is 0 Å². The quantitative estimate of drug-likeness (QED) is 0.310. The first-order valence-corrected chi connectivity index (χ1v) is 14.3. The highest BCUT2D eigenvalue weighted by Crippen LogP contribution is 2.47. The zero-order chi connectivity index (χ0) is 29.2. The van der Waals surface area contributed by atoms with Crippen molar-refractivity contribution in [3.05, 3.63) is 94.2 Å². The third kappa shape index (κ3) is 4.67. The van der Waals surface area contributed by atoms with Gasteiger partial charge in [0.25, 0.3) is 10.0 Å². The van der Waals surface area contributed by atoms with Crippen molar-refractivity contribution >= 4 is 33.5 Å². The lowest BCUT2D eigenvalue weighted by Crippen LogP contribution is -2.53. The summed E-state index contributed by atoms with van der Waals surface area (Å²) in [5.41, 5.74) is -0.253. The Balaban J connectivity index is 1.47. The van der Waals surface area contributed by atoms with E-state index >= 15 is 0 Å². The van der Waals surface area contributed by atoms with Crippen LogP contribution < -0.4 is 0 Å². The van der Waals surface area contributed by atoms with Crippen LogP contribution >= 0.6 is 11.6 Å². The van der Waals surface area contributed by atoms with Crippen LogP contribution in [0.3, 0.4) is 0 Å². The van der Waals surface area contributed by atoms with Crippen LogP contribution in [-0.2, 0) is 29.7 Å². The molecule has 9 nitrogen and oxygen atoms in total. The van der Waals surface area contributed by atoms with Gasteiger partial charge in [-0.25, -0.2) is 13.1 Å². The average molecular weight is 603 g/mol. The Morgan fingerprint density at radius 3 is 2.56 bits per heavy atom. The summed E-state index contributed by atoms with van der Waals surface area (Å²) in [6.07, 6.45) is 1.31. The van der Waals surface area contributed by atoms with E-state index < -0.39 is 38.7 Å². The zero-order valence-corrected chi connectivity index (χ0v) is 23.1. The molecule has 0 unspecified atom stereocenters. The molecule has 0 radical (unpaired) electrons. The Morgan fingerprint density at radius 2 is 1.88 bits per heavy atom.